The Morgan fingerprint density at radius 1 is 1.12 bits per heavy atom. The minimum absolute atomic E-state index is 0.136. The maximum atomic E-state index is 12.6. The normalized spacial score (nSPS) is 20.3. The molecule has 1 saturated heterocycles. The summed E-state index contributed by atoms with van der Waals surface area (Å²) in [5.74, 6) is 0.876. The summed E-state index contributed by atoms with van der Waals surface area (Å²) in [5, 5.41) is 0.856. The molecule has 166 valence electrons. The van der Waals surface area contributed by atoms with E-state index in [0.717, 1.165) is 18.4 Å². The highest BCUT2D eigenvalue weighted by Gasteiger charge is 2.35. The molecule has 8 heteroatoms. The third kappa shape index (κ3) is 4.03. The molecule has 0 radical (unpaired) electrons. The number of hydrogen-bond acceptors (Lipinski definition) is 5. The van der Waals surface area contributed by atoms with Crippen molar-refractivity contribution in [3.05, 3.63) is 69.4 Å². The van der Waals surface area contributed by atoms with E-state index in [-0.39, 0.29) is 23.8 Å². The standard InChI is InChI=1S/C24H27BrN6O/c1-15-14-31(16(2)13-30(15)17(3)19-8-6-18(12-25)7-9-19)23-22-20(29(5)24(32)28-23)10-11-21(26-4)27-22/h6-11,15-17H,12-14H2,1-3,5H3/t15-,16+,17?/m1/s1. The summed E-state index contributed by atoms with van der Waals surface area (Å²) in [6, 6.07) is 12.8. The number of hydrogen-bond donors (Lipinski definition) is 0. The van der Waals surface area contributed by atoms with Crippen molar-refractivity contribution in [2.24, 2.45) is 7.05 Å². The number of fused-ring (bicyclic) bond motifs is 1. The van der Waals surface area contributed by atoms with Crippen LogP contribution in [0.2, 0.25) is 0 Å². The summed E-state index contributed by atoms with van der Waals surface area (Å²) in [6.45, 7) is 15.5. The van der Waals surface area contributed by atoms with Gasteiger partial charge < -0.3 is 9.74 Å². The Kier molecular flexibility index (Phi) is 6.31. The number of halogens is 1. The predicted molar refractivity (Wildman–Crippen MR) is 132 cm³/mol. The van der Waals surface area contributed by atoms with Crippen molar-refractivity contribution in [1.29, 1.82) is 0 Å². The number of aromatic nitrogens is 3. The van der Waals surface area contributed by atoms with Crippen LogP contribution in [0, 0.1) is 6.57 Å². The number of aryl methyl sites for hydroxylation is 1. The van der Waals surface area contributed by atoms with Crippen LogP contribution in [-0.2, 0) is 12.4 Å². The minimum Gasteiger partial charge on any atom is -0.361 e. The van der Waals surface area contributed by atoms with Gasteiger partial charge in [0.2, 0.25) is 5.52 Å². The maximum absolute atomic E-state index is 12.6. The van der Waals surface area contributed by atoms with Gasteiger partial charge in [-0.1, -0.05) is 46.8 Å². The van der Waals surface area contributed by atoms with Crippen LogP contribution < -0.4 is 10.6 Å². The smallest absolute Gasteiger partial charge is 0.350 e. The lowest BCUT2D eigenvalue weighted by molar-refractivity contribution is 0.119. The average Bonchev–Trinajstić information content (AvgIpc) is 2.82. The van der Waals surface area contributed by atoms with Crippen molar-refractivity contribution in [2.45, 2.75) is 44.2 Å². The lowest BCUT2D eigenvalue weighted by Gasteiger charge is -2.47. The molecule has 1 unspecified atom stereocenters. The number of rotatable bonds is 4. The van der Waals surface area contributed by atoms with Gasteiger partial charge >= 0.3 is 5.69 Å². The third-order valence-electron chi connectivity index (χ3n) is 6.46. The van der Waals surface area contributed by atoms with E-state index in [9.17, 15) is 4.79 Å². The molecular weight excluding hydrogens is 468 g/mol. The van der Waals surface area contributed by atoms with Crippen molar-refractivity contribution in [3.63, 3.8) is 0 Å². The summed E-state index contributed by atoms with van der Waals surface area (Å²) in [5.41, 5.74) is 3.54. The molecule has 4 rings (SSSR count). The van der Waals surface area contributed by atoms with Crippen LogP contribution in [0.5, 0.6) is 0 Å². The zero-order chi connectivity index (χ0) is 23.0. The summed E-state index contributed by atoms with van der Waals surface area (Å²) in [7, 11) is 1.69. The van der Waals surface area contributed by atoms with Gasteiger partial charge in [0.1, 0.15) is 0 Å². The molecule has 0 amide bonds. The Morgan fingerprint density at radius 3 is 2.50 bits per heavy atom. The van der Waals surface area contributed by atoms with E-state index in [1.807, 2.05) is 0 Å². The van der Waals surface area contributed by atoms with Crippen molar-refractivity contribution >= 4 is 38.6 Å². The lowest BCUT2D eigenvalue weighted by atomic mass is 10.00. The Balaban J connectivity index is 1.66. The SMILES string of the molecule is [C-]#[N+]c1ccc2c(n1)c(N1C[C@@H](C)N(C(C)c3ccc(CBr)cc3)C[C@@H]1C)nc(=O)n2C. The van der Waals surface area contributed by atoms with Gasteiger partial charge in [-0.2, -0.15) is 4.98 Å². The number of piperazine rings is 1. The van der Waals surface area contributed by atoms with Gasteiger partial charge in [0.25, 0.3) is 5.82 Å². The molecule has 32 heavy (non-hydrogen) atoms. The number of pyridine rings is 1. The number of alkyl halides is 1. The number of nitrogens with zero attached hydrogens (tertiary/aromatic N) is 6. The molecule has 0 bridgehead atoms. The van der Waals surface area contributed by atoms with Gasteiger partial charge in [0.15, 0.2) is 5.82 Å². The second kappa shape index (κ2) is 9.00. The van der Waals surface area contributed by atoms with Gasteiger partial charge in [0.05, 0.1) is 5.52 Å². The molecule has 3 atom stereocenters. The van der Waals surface area contributed by atoms with E-state index in [1.54, 1.807) is 19.2 Å². The van der Waals surface area contributed by atoms with E-state index in [0.29, 0.717) is 22.7 Å². The van der Waals surface area contributed by atoms with Gasteiger partial charge in [0, 0.05) is 43.6 Å². The zero-order valence-electron chi connectivity index (χ0n) is 18.8. The second-order valence-electron chi connectivity index (χ2n) is 8.52. The number of benzene rings is 1. The molecule has 0 spiro atoms. The predicted octanol–water partition coefficient (Wildman–Crippen LogP) is 4.43. The average molecular weight is 495 g/mol. The molecule has 3 heterocycles. The topological polar surface area (TPSA) is 58.6 Å². The van der Waals surface area contributed by atoms with E-state index >= 15 is 0 Å². The largest absolute Gasteiger partial charge is 0.361 e. The molecule has 2 aromatic heterocycles. The molecule has 1 aromatic carbocycles. The summed E-state index contributed by atoms with van der Waals surface area (Å²) < 4.78 is 1.49. The number of anilines is 1. The highest BCUT2D eigenvalue weighted by atomic mass is 79.9. The molecule has 7 nitrogen and oxygen atoms in total. The molecule has 0 aliphatic carbocycles. The Bertz CT molecular complexity index is 1230. The van der Waals surface area contributed by atoms with Crippen molar-refractivity contribution < 1.29 is 0 Å². The van der Waals surface area contributed by atoms with Gasteiger partial charge in [-0.25, -0.2) is 4.79 Å². The first-order valence-electron chi connectivity index (χ1n) is 10.8. The maximum Gasteiger partial charge on any atom is 0.350 e. The van der Waals surface area contributed by atoms with Crippen LogP contribution in [0.15, 0.2) is 41.2 Å². The minimum atomic E-state index is -0.313. The fraction of sp³-hybridized carbons (Fsp3) is 0.417. The van der Waals surface area contributed by atoms with Crippen molar-refractivity contribution in [2.75, 3.05) is 18.0 Å². The van der Waals surface area contributed by atoms with Crippen LogP contribution in [0.25, 0.3) is 15.9 Å². The molecule has 1 aliphatic rings. The van der Waals surface area contributed by atoms with Crippen LogP contribution >= 0.6 is 15.9 Å². The second-order valence-corrected chi connectivity index (χ2v) is 9.09. The molecule has 3 aromatic rings. The van der Waals surface area contributed by atoms with Crippen LogP contribution in [0.4, 0.5) is 11.6 Å². The van der Waals surface area contributed by atoms with Gasteiger partial charge in [-0.15, -0.1) is 4.98 Å². The van der Waals surface area contributed by atoms with Gasteiger partial charge in [-0.3, -0.25) is 9.47 Å². The van der Waals surface area contributed by atoms with Crippen LogP contribution in [0.3, 0.4) is 0 Å². The van der Waals surface area contributed by atoms with Crippen LogP contribution in [-0.4, -0.2) is 44.6 Å². The Morgan fingerprint density at radius 2 is 1.84 bits per heavy atom. The molecule has 1 fully saturated rings. The summed E-state index contributed by atoms with van der Waals surface area (Å²) >= 11 is 3.51. The molecule has 0 N–H and O–H groups in total. The lowest BCUT2D eigenvalue weighted by Crippen LogP contribution is -2.57. The first-order chi connectivity index (χ1) is 15.3. The quantitative estimate of drug-likeness (QED) is 0.396. The highest BCUT2D eigenvalue weighted by molar-refractivity contribution is 9.08. The third-order valence-corrected chi connectivity index (χ3v) is 7.10. The van der Waals surface area contributed by atoms with E-state index in [4.69, 9.17) is 6.57 Å². The highest BCUT2D eigenvalue weighted by Crippen LogP contribution is 2.32. The molecular formula is C24H27BrN6O. The monoisotopic (exact) mass is 494 g/mol. The summed E-state index contributed by atoms with van der Waals surface area (Å²) in [6.07, 6.45) is 0. The van der Waals surface area contributed by atoms with Crippen LogP contribution in [0.1, 0.15) is 37.9 Å². The Labute approximate surface area is 196 Å². The fourth-order valence-electron chi connectivity index (χ4n) is 4.53. The van der Waals surface area contributed by atoms with Crippen molar-refractivity contribution in [3.8, 4) is 0 Å². The van der Waals surface area contributed by atoms with E-state index in [2.05, 4.69) is 85.6 Å². The first kappa shape index (κ1) is 22.4. The van der Waals surface area contributed by atoms with Crippen molar-refractivity contribution in [1.82, 2.24) is 19.4 Å². The first-order valence-corrected chi connectivity index (χ1v) is 11.9. The van der Waals surface area contributed by atoms with E-state index < -0.39 is 0 Å². The fourth-order valence-corrected chi connectivity index (χ4v) is 4.90. The molecule has 1 aliphatic heterocycles. The zero-order valence-corrected chi connectivity index (χ0v) is 20.4. The Hall–Kier alpha value is -2.76. The summed E-state index contributed by atoms with van der Waals surface area (Å²) in [4.78, 5) is 29.6. The van der Waals surface area contributed by atoms with Gasteiger partial charge in [-0.05, 0) is 44.0 Å². The van der Waals surface area contributed by atoms with E-state index in [1.165, 1.54) is 15.7 Å². The molecule has 0 saturated carbocycles.